The molecule has 0 bridgehead atoms. The molecule has 0 unspecified atom stereocenters. The van der Waals surface area contributed by atoms with Crippen LogP contribution in [0.1, 0.15) is 43.7 Å². The van der Waals surface area contributed by atoms with Gasteiger partial charge in [-0.1, -0.05) is 24.3 Å². The lowest BCUT2D eigenvalue weighted by atomic mass is 9.89. The summed E-state index contributed by atoms with van der Waals surface area (Å²) >= 11 is 0. The number of benzene rings is 1. The molecule has 1 aliphatic carbocycles. The predicted octanol–water partition coefficient (Wildman–Crippen LogP) is 3.60. The normalized spacial score (nSPS) is 25.8. The SMILES string of the molecule is C[C@@H](C1CCN(CC2Cc3ccccc3C2)CC1)N1CCCC1. The van der Waals surface area contributed by atoms with E-state index in [-0.39, 0.29) is 0 Å². The van der Waals surface area contributed by atoms with Crippen LogP contribution in [0, 0.1) is 11.8 Å². The summed E-state index contributed by atoms with van der Waals surface area (Å²) in [7, 11) is 0. The van der Waals surface area contributed by atoms with Crippen molar-refractivity contribution in [3.63, 3.8) is 0 Å². The summed E-state index contributed by atoms with van der Waals surface area (Å²) in [5.41, 5.74) is 3.21. The highest BCUT2D eigenvalue weighted by Crippen LogP contribution is 2.30. The average molecular weight is 313 g/mol. The molecule has 0 saturated carbocycles. The molecular formula is C21H32N2. The molecule has 4 rings (SSSR count). The third kappa shape index (κ3) is 3.49. The fraction of sp³-hybridized carbons (Fsp3) is 0.714. The summed E-state index contributed by atoms with van der Waals surface area (Å²) in [6.07, 6.45) is 8.28. The lowest BCUT2D eigenvalue weighted by Crippen LogP contribution is -2.44. The molecule has 3 aliphatic rings. The maximum atomic E-state index is 2.75. The van der Waals surface area contributed by atoms with Crippen molar-refractivity contribution in [1.29, 1.82) is 0 Å². The van der Waals surface area contributed by atoms with E-state index in [1.807, 2.05) is 0 Å². The first-order valence-corrected chi connectivity index (χ1v) is 9.83. The Bertz CT molecular complexity index is 487. The standard InChI is InChI=1S/C21H32N2/c1-17(23-10-4-5-11-23)19-8-12-22(13-9-19)16-18-14-20-6-2-3-7-21(20)15-18/h2-3,6-7,17-19H,4-5,8-16H2,1H3/t17-/m0/s1. The van der Waals surface area contributed by atoms with Crippen LogP contribution in [0.25, 0.3) is 0 Å². The zero-order valence-electron chi connectivity index (χ0n) is 14.7. The maximum absolute atomic E-state index is 2.75. The quantitative estimate of drug-likeness (QED) is 0.838. The molecule has 0 aromatic heterocycles. The summed E-state index contributed by atoms with van der Waals surface area (Å²) in [6.45, 7) is 9.16. The molecule has 1 aromatic carbocycles. The van der Waals surface area contributed by atoms with Crippen LogP contribution in [0.4, 0.5) is 0 Å². The lowest BCUT2D eigenvalue weighted by Gasteiger charge is -2.39. The minimum atomic E-state index is 0.815. The van der Waals surface area contributed by atoms with E-state index in [9.17, 15) is 0 Å². The van der Waals surface area contributed by atoms with Crippen molar-refractivity contribution in [2.45, 2.75) is 51.5 Å². The molecule has 1 aromatic rings. The summed E-state index contributed by atoms with van der Waals surface area (Å²) in [6, 6.07) is 9.88. The van der Waals surface area contributed by atoms with Gasteiger partial charge >= 0.3 is 0 Å². The van der Waals surface area contributed by atoms with Gasteiger partial charge in [0.25, 0.3) is 0 Å². The molecular weight excluding hydrogens is 280 g/mol. The van der Waals surface area contributed by atoms with Gasteiger partial charge in [-0.05, 0) is 94.6 Å². The van der Waals surface area contributed by atoms with E-state index >= 15 is 0 Å². The van der Waals surface area contributed by atoms with Crippen LogP contribution in [0.3, 0.4) is 0 Å². The molecule has 2 fully saturated rings. The maximum Gasteiger partial charge on any atom is 0.00961 e. The van der Waals surface area contributed by atoms with Crippen molar-refractivity contribution in [3.05, 3.63) is 35.4 Å². The lowest BCUT2D eigenvalue weighted by molar-refractivity contribution is 0.103. The Morgan fingerprint density at radius 2 is 1.57 bits per heavy atom. The molecule has 0 spiro atoms. The van der Waals surface area contributed by atoms with Crippen LogP contribution in [-0.4, -0.2) is 48.6 Å². The Balaban J connectivity index is 1.24. The fourth-order valence-electron chi connectivity index (χ4n) is 5.21. The summed E-state index contributed by atoms with van der Waals surface area (Å²) in [5.74, 6) is 1.80. The molecule has 126 valence electrons. The Morgan fingerprint density at radius 1 is 0.957 bits per heavy atom. The minimum absolute atomic E-state index is 0.815. The van der Waals surface area contributed by atoms with E-state index in [1.165, 1.54) is 71.2 Å². The molecule has 2 saturated heterocycles. The molecule has 2 heteroatoms. The number of nitrogens with zero attached hydrogens (tertiary/aromatic N) is 2. The van der Waals surface area contributed by atoms with Gasteiger partial charge in [0, 0.05) is 12.6 Å². The third-order valence-electron chi connectivity index (χ3n) is 6.68. The number of rotatable bonds is 4. The van der Waals surface area contributed by atoms with Crippen molar-refractivity contribution in [3.8, 4) is 0 Å². The number of fused-ring (bicyclic) bond motifs is 1. The van der Waals surface area contributed by atoms with Crippen LogP contribution in [0.2, 0.25) is 0 Å². The van der Waals surface area contributed by atoms with Gasteiger partial charge in [-0.25, -0.2) is 0 Å². The Morgan fingerprint density at radius 3 is 2.17 bits per heavy atom. The number of hydrogen-bond donors (Lipinski definition) is 0. The first kappa shape index (κ1) is 15.7. The monoisotopic (exact) mass is 312 g/mol. The molecule has 2 nitrogen and oxygen atoms in total. The van der Waals surface area contributed by atoms with E-state index in [0.29, 0.717) is 0 Å². The van der Waals surface area contributed by atoms with Gasteiger partial charge in [0.1, 0.15) is 0 Å². The smallest absolute Gasteiger partial charge is 0.00961 e. The number of likely N-dealkylation sites (tertiary alicyclic amines) is 2. The predicted molar refractivity (Wildman–Crippen MR) is 96.8 cm³/mol. The highest BCUT2D eigenvalue weighted by Gasteiger charge is 2.30. The summed E-state index contributed by atoms with van der Waals surface area (Å²) < 4.78 is 0. The molecule has 0 N–H and O–H groups in total. The van der Waals surface area contributed by atoms with Crippen LogP contribution in [0.5, 0.6) is 0 Å². The van der Waals surface area contributed by atoms with Crippen LogP contribution in [0.15, 0.2) is 24.3 Å². The van der Waals surface area contributed by atoms with Crippen molar-refractivity contribution in [1.82, 2.24) is 9.80 Å². The second kappa shape index (κ2) is 6.94. The molecule has 0 amide bonds. The van der Waals surface area contributed by atoms with Gasteiger partial charge in [-0.2, -0.15) is 0 Å². The fourth-order valence-corrected chi connectivity index (χ4v) is 5.21. The molecule has 23 heavy (non-hydrogen) atoms. The Hall–Kier alpha value is -0.860. The highest BCUT2D eigenvalue weighted by molar-refractivity contribution is 5.32. The second-order valence-electron chi connectivity index (χ2n) is 8.16. The molecule has 0 radical (unpaired) electrons. The largest absolute Gasteiger partial charge is 0.303 e. The van der Waals surface area contributed by atoms with Gasteiger partial charge < -0.3 is 9.80 Å². The van der Waals surface area contributed by atoms with E-state index in [2.05, 4.69) is 41.0 Å². The van der Waals surface area contributed by atoms with Crippen molar-refractivity contribution >= 4 is 0 Å². The summed E-state index contributed by atoms with van der Waals surface area (Å²) in [4.78, 5) is 5.50. The van der Waals surface area contributed by atoms with Gasteiger partial charge in [-0.15, -0.1) is 0 Å². The minimum Gasteiger partial charge on any atom is -0.303 e. The highest BCUT2D eigenvalue weighted by atomic mass is 15.2. The van der Waals surface area contributed by atoms with E-state index < -0.39 is 0 Å². The van der Waals surface area contributed by atoms with Gasteiger partial charge in [0.15, 0.2) is 0 Å². The van der Waals surface area contributed by atoms with E-state index in [0.717, 1.165) is 17.9 Å². The van der Waals surface area contributed by atoms with Gasteiger partial charge in [0.2, 0.25) is 0 Å². The third-order valence-corrected chi connectivity index (χ3v) is 6.68. The molecule has 2 aliphatic heterocycles. The van der Waals surface area contributed by atoms with Crippen LogP contribution < -0.4 is 0 Å². The zero-order chi connectivity index (χ0) is 15.6. The number of hydrogen-bond acceptors (Lipinski definition) is 2. The Labute approximate surface area is 141 Å². The summed E-state index contributed by atoms with van der Waals surface area (Å²) in [5, 5.41) is 0. The van der Waals surface area contributed by atoms with Gasteiger partial charge in [-0.3, -0.25) is 0 Å². The van der Waals surface area contributed by atoms with Crippen molar-refractivity contribution in [2.75, 3.05) is 32.7 Å². The molecule has 1 atom stereocenters. The number of piperidine rings is 1. The topological polar surface area (TPSA) is 6.48 Å². The first-order valence-electron chi connectivity index (χ1n) is 9.83. The molecule has 2 heterocycles. The second-order valence-corrected chi connectivity index (χ2v) is 8.16. The van der Waals surface area contributed by atoms with Crippen molar-refractivity contribution in [2.24, 2.45) is 11.8 Å². The average Bonchev–Trinajstić information content (AvgIpc) is 3.24. The van der Waals surface area contributed by atoms with Crippen LogP contribution in [-0.2, 0) is 12.8 Å². The van der Waals surface area contributed by atoms with Gasteiger partial charge in [0.05, 0.1) is 0 Å². The Kier molecular flexibility index (Phi) is 4.73. The van der Waals surface area contributed by atoms with E-state index in [1.54, 1.807) is 11.1 Å². The van der Waals surface area contributed by atoms with E-state index in [4.69, 9.17) is 0 Å². The van der Waals surface area contributed by atoms with Crippen molar-refractivity contribution < 1.29 is 0 Å². The first-order chi connectivity index (χ1) is 11.3. The van der Waals surface area contributed by atoms with Crippen LogP contribution >= 0.6 is 0 Å². The zero-order valence-corrected chi connectivity index (χ0v) is 14.7.